The standard InChI is InChI=1S/C14H12BrClFNO2/c1-2-19-13-7-14(11(18)6-10(13)17)20-12-4-3-8(16)5-9(12)15/h3-7H,2,18H2,1H3. The molecule has 0 aromatic heterocycles. The number of rotatable bonds is 4. The topological polar surface area (TPSA) is 44.5 Å². The van der Waals surface area contributed by atoms with Crippen molar-refractivity contribution >= 4 is 33.2 Å². The van der Waals surface area contributed by atoms with Crippen molar-refractivity contribution in [2.75, 3.05) is 12.3 Å². The summed E-state index contributed by atoms with van der Waals surface area (Å²) in [7, 11) is 0. The lowest BCUT2D eigenvalue weighted by molar-refractivity contribution is 0.319. The van der Waals surface area contributed by atoms with Gasteiger partial charge in [-0.25, -0.2) is 4.39 Å². The van der Waals surface area contributed by atoms with Crippen molar-refractivity contribution in [2.45, 2.75) is 6.92 Å². The second kappa shape index (κ2) is 6.33. The van der Waals surface area contributed by atoms with E-state index in [2.05, 4.69) is 15.9 Å². The molecule has 0 spiro atoms. The Morgan fingerprint density at radius 3 is 2.60 bits per heavy atom. The molecule has 0 radical (unpaired) electrons. The highest BCUT2D eigenvalue weighted by atomic mass is 79.9. The molecule has 0 aliphatic rings. The van der Waals surface area contributed by atoms with Crippen LogP contribution in [0.3, 0.4) is 0 Å². The molecular formula is C14H12BrClFNO2. The Balaban J connectivity index is 2.35. The van der Waals surface area contributed by atoms with Crippen LogP contribution in [0.4, 0.5) is 10.1 Å². The smallest absolute Gasteiger partial charge is 0.167 e. The number of benzene rings is 2. The van der Waals surface area contributed by atoms with Crippen molar-refractivity contribution in [3.8, 4) is 17.2 Å². The highest BCUT2D eigenvalue weighted by Crippen LogP contribution is 2.37. The van der Waals surface area contributed by atoms with Crippen molar-refractivity contribution in [1.82, 2.24) is 0 Å². The van der Waals surface area contributed by atoms with Gasteiger partial charge in [0.15, 0.2) is 17.3 Å². The van der Waals surface area contributed by atoms with Crippen LogP contribution in [0.1, 0.15) is 6.92 Å². The maximum Gasteiger partial charge on any atom is 0.167 e. The zero-order valence-electron chi connectivity index (χ0n) is 10.6. The molecule has 0 unspecified atom stereocenters. The van der Waals surface area contributed by atoms with Crippen molar-refractivity contribution in [3.05, 3.63) is 45.6 Å². The number of anilines is 1. The normalized spacial score (nSPS) is 10.4. The molecule has 2 rings (SSSR count). The van der Waals surface area contributed by atoms with Crippen molar-refractivity contribution in [3.63, 3.8) is 0 Å². The largest absolute Gasteiger partial charge is 0.491 e. The van der Waals surface area contributed by atoms with Crippen LogP contribution in [0, 0.1) is 5.82 Å². The second-order valence-electron chi connectivity index (χ2n) is 3.93. The van der Waals surface area contributed by atoms with E-state index in [1.165, 1.54) is 12.1 Å². The number of ether oxygens (including phenoxy) is 2. The maximum atomic E-state index is 13.6. The fraction of sp³-hybridized carbons (Fsp3) is 0.143. The monoisotopic (exact) mass is 359 g/mol. The zero-order chi connectivity index (χ0) is 14.7. The molecule has 3 nitrogen and oxygen atoms in total. The molecule has 20 heavy (non-hydrogen) atoms. The molecule has 106 valence electrons. The summed E-state index contributed by atoms with van der Waals surface area (Å²) in [6, 6.07) is 7.67. The molecule has 0 aliphatic heterocycles. The van der Waals surface area contributed by atoms with E-state index < -0.39 is 5.82 Å². The van der Waals surface area contributed by atoms with Crippen molar-refractivity contribution in [1.29, 1.82) is 0 Å². The fourth-order valence-electron chi connectivity index (χ4n) is 1.58. The molecule has 0 saturated carbocycles. The summed E-state index contributed by atoms with van der Waals surface area (Å²) in [5.41, 5.74) is 5.94. The average molecular weight is 361 g/mol. The van der Waals surface area contributed by atoms with Crippen LogP contribution < -0.4 is 15.2 Å². The SMILES string of the molecule is CCOc1cc(Oc2ccc(Cl)cc2Br)c(N)cc1F. The lowest BCUT2D eigenvalue weighted by Crippen LogP contribution is -1.99. The summed E-state index contributed by atoms with van der Waals surface area (Å²) in [6.45, 7) is 2.12. The van der Waals surface area contributed by atoms with Crippen LogP contribution in [0.25, 0.3) is 0 Å². The summed E-state index contributed by atoms with van der Waals surface area (Å²) in [5, 5.41) is 0.575. The third-order valence-corrected chi connectivity index (χ3v) is 3.33. The first-order chi connectivity index (χ1) is 9.51. The van der Waals surface area contributed by atoms with E-state index in [0.717, 1.165) is 0 Å². The van der Waals surface area contributed by atoms with Gasteiger partial charge in [-0.05, 0) is 41.1 Å². The van der Waals surface area contributed by atoms with Crippen LogP contribution in [-0.4, -0.2) is 6.61 Å². The summed E-state index contributed by atoms with van der Waals surface area (Å²) in [6.07, 6.45) is 0. The third kappa shape index (κ3) is 3.35. The van der Waals surface area contributed by atoms with Gasteiger partial charge in [-0.3, -0.25) is 0 Å². The minimum absolute atomic E-state index is 0.0989. The first-order valence-corrected chi connectivity index (χ1v) is 7.03. The minimum Gasteiger partial charge on any atom is -0.491 e. The molecular weight excluding hydrogens is 349 g/mol. The Morgan fingerprint density at radius 2 is 1.95 bits per heavy atom. The molecule has 2 aromatic carbocycles. The van der Waals surface area contributed by atoms with Gasteiger partial charge in [0.2, 0.25) is 0 Å². The van der Waals surface area contributed by atoms with E-state index in [9.17, 15) is 4.39 Å². The van der Waals surface area contributed by atoms with Crippen LogP contribution in [0.15, 0.2) is 34.8 Å². The Hall–Kier alpha value is -1.46. The summed E-state index contributed by atoms with van der Waals surface area (Å²) in [5.74, 6) is 0.418. The highest BCUT2D eigenvalue weighted by Gasteiger charge is 2.12. The molecule has 0 bridgehead atoms. The molecule has 2 N–H and O–H groups in total. The predicted octanol–water partition coefficient (Wildman–Crippen LogP) is 5.01. The quantitative estimate of drug-likeness (QED) is 0.779. The first kappa shape index (κ1) is 14.9. The molecule has 0 atom stereocenters. The van der Waals surface area contributed by atoms with Gasteiger partial charge in [0, 0.05) is 17.2 Å². The van der Waals surface area contributed by atoms with E-state index in [4.69, 9.17) is 26.8 Å². The van der Waals surface area contributed by atoms with Gasteiger partial charge in [0.1, 0.15) is 5.75 Å². The molecule has 0 aliphatic carbocycles. The van der Waals surface area contributed by atoms with Gasteiger partial charge in [0.25, 0.3) is 0 Å². The van der Waals surface area contributed by atoms with Gasteiger partial charge in [0.05, 0.1) is 16.8 Å². The van der Waals surface area contributed by atoms with Crippen molar-refractivity contribution < 1.29 is 13.9 Å². The number of hydrogen-bond acceptors (Lipinski definition) is 3. The van der Waals surface area contributed by atoms with Gasteiger partial charge >= 0.3 is 0 Å². The Bertz CT molecular complexity index is 637. The molecule has 0 fully saturated rings. The summed E-state index contributed by atoms with van der Waals surface area (Å²) < 4.78 is 25.1. The minimum atomic E-state index is -0.521. The van der Waals surface area contributed by atoms with Crippen molar-refractivity contribution in [2.24, 2.45) is 0 Å². The Labute approximate surface area is 129 Å². The van der Waals surface area contributed by atoms with Gasteiger partial charge in [-0.15, -0.1) is 0 Å². The van der Waals surface area contributed by atoms with E-state index in [1.807, 2.05) is 0 Å². The fourth-order valence-corrected chi connectivity index (χ4v) is 2.34. The van der Waals surface area contributed by atoms with E-state index >= 15 is 0 Å². The van der Waals surface area contributed by atoms with Crippen LogP contribution in [-0.2, 0) is 0 Å². The maximum absolute atomic E-state index is 13.6. The number of halogens is 3. The second-order valence-corrected chi connectivity index (χ2v) is 5.22. The Morgan fingerprint density at radius 1 is 1.20 bits per heavy atom. The molecule has 6 heteroatoms. The van der Waals surface area contributed by atoms with Gasteiger partial charge in [-0.2, -0.15) is 0 Å². The number of nitrogen functional groups attached to an aromatic ring is 1. The third-order valence-electron chi connectivity index (χ3n) is 2.48. The lowest BCUT2D eigenvalue weighted by Gasteiger charge is -2.13. The summed E-state index contributed by atoms with van der Waals surface area (Å²) in [4.78, 5) is 0. The van der Waals surface area contributed by atoms with Gasteiger partial charge < -0.3 is 15.2 Å². The summed E-state index contributed by atoms with van der Waals surface area (Å²) >= 11 is 9.20. The molecule has 2 aromatic rings. The van der Waals surface area contributed by atoms with E-state index in [0.29, 0.717) is 27.6 Å². The average Bonchev–Trinajstić information content (AvgIpc) is 2.38. The van der Waals surface area contributed by atoms with Gasteiger partial charge in [-0.1, -0.05) is 11.6 Å². The first-order valence-electron chi connectivity index (χ1n) is 5.86. The predicted molar refractivity (Wildman–Crippen MR) is 81.2 cm³/mol. The highest BCUT2D eigenvalue weighted by molar-refractivity contribution is 9.10. The van der Waals surface area contributed by atoms with E-state index in [1.54, 1.807) is 25.1 Å². The zero-order valence-corrected chi connectivity index (χ0v) is 13.0. The molecule has 0 amide bonds. The number of hydrogen-bond donors (Lipinski definition) is 1. The number of nitrogens with two attached hydrogens (primary N) is 1. The van der Waals surface area contributed by atoms with E-state index in [-0.39, 0.29) is 11.4 Å². The molecule has 0 heterocycles. The van der Waals surface area contributed by atoms with Crippen LogP contribution in [0.5, 0.6) is 17.2 Å². The van der Waals surface area contributed by atoms with Crippen LogP contribution >= 0.6 is 27.5 Å². The lowest BCUT2D eigenvalue weighted by atomic mass is 10.2. The molecule has 0 saturated heterocycles. The Kier molecular flexibility index (Phi) is 4.73. The van der Waals surface area contributed by atoms with Crippen LogP contribution in [0.2, 0.25) is 5.02 Å².